The number of morpholine rings is 1. The largest absolute Gasteiger partial charge is 0.462 e. The Morgan fingerprint density at radius 1 is 1.56 bits per heavy atom. The molecule has 0 bridgehead atoms. The van der Waals surface area contributed by atoms with E-state index < -0.39 is 0 Å². The van der Waals surface area contributed by atoms with Crippen molar-refractivity contribution in [1.82, 2.24) is 0 Å². The van der Waals surface area contributed by atoms with Gasteiger partial charge in [-0.1, -0.05) is 0 Å². The fourth-order valence-corrected chi connectivity index (χ4v) is 1.06. The van der Waals surface area contributed by atoms with Crippen LogP contribution in [0.1, 0.15) is 13.8 Å². The first-order valence-corrected chi connectivity index (χ1v) is 3.49. The van der Waals surface area contributed by atoms with Crippen molar-refractivity contribution in [3.63, 3.8) is 0 Å². The molecule has 1 rings (SSSR count). The minimum absolute atomic E-state index is 0.397. The van der Waals surface area contributed by atoms with Crippen molar-refractivity contribution in [2.75, 3.05) is 13.2 Å². The van der Waals surface area contributed by atoms with Crippen LogP contribution in [-0.4, -0.2) is 25.3 Å². The standard InChI is InChI=1S/C7H15NO/c1-6-5-9-7(2)4-8(6)3/h6-8H,3-5H2,1-2H3. The van der Waals surface area contributed by atoms with Gasteiger partial charge < -0.3 is 9.64 Å². The van der Waals surface area contributed by atoms with Crippen molar-refractivity contribution in [3.8, 4) is 0 Å². The van der Waals surface area contributed by atoms with Crippen molar-refractivity contribution in [3.05, 3.63) is 7.05 Å². The van der Waals surface area contributed by atoms with Gasteiger partial charge in [-0.05, 0) is 13.8 Å². The number of nitrogens with one attached hydrogen (secondary N) is 1. The smallest absolute Gasteiger partial charge is 0.102 e. The molecule has 1 heterocycles. The number of hydrogen-bond donors (Lipinski definition) is 1. The Balaban J connectivity index is 2.35. The normalized spacial score (nSPS) is 45.0. The molecule has 2 nitrogen and oxygen atoms in total. The van der Waals surface area contributed by atoms with E-state index in [4.69, 9.17) is 4.74 Å². The maximum atomic E-state index is 5.40. The molecule has 1 saturated heterocycles. The number of ether oxygens (including phenoxy) is 1. The Bertz CT molecular complexity index is 94.9. The van der Waals surface area contributed by atoms with Gasteiger partial charge in [-0.3, -0.25) is 0 Å². The van der Waals surface area contributed by atoms with Gasteiger partial charge in [-0.25, -0.2) is 0 Å². The Kier molecular flexibility index (Phi) is 2.09. The molecule has 1 N–H and O–H groups in total. The molecule has 0 aliphatic carbocycles. The summed E-state index contributed by atoms with van der Waals surface area (Å²) in [6, 6.07) is 0.571. The van der Waals surface area contributed by atoms with Crippen molar-refractivity contribution in [1.29, 1.82) is 0 Å². The van der Waals surface area contributed by atoms with Crippen LogP contribution in [0.5, 0.6) is 0 Å². The Morgan fingerprint density at radius 3 is 2.67 bits per heavy atom. The molecule has 0 radical (unpaired) electrons. The van der Waals surface area contributed by atoms with Gasteiger partial charge in [0.2, 0.25) is 0 Å². The topological polar surface area (TPSA) is 13.7 Å². The summed E-state index contributed by atoms with van der Waals surface area (Å²) in [6.45, 7) is 6.16. The molecule has 0 amide bonds. The second-order valence-corrected chi connectivity index (χ2v) is 2.91. The Morgan fingerprint density at radius 2 is 2.22 bits per heavy atom. The molecular weight excluding hydrogens is 114 g/mol. The van der Waals surface area contributed by atoms with Crippen LogP contribution in [0.4, 0.5) is 0 Å². The molecule has 1 aliphatic rings. The lowest BCUT2D eigenvalue weighted by Crippen LogP contribution is -3.13. The number of rotatable bonds is 0. The first-order chi connectivity index (χ1) is 4.20. The predicted molar refractivity (Wildman–Crippen MR) is 36.1 cm³/mol. The van der Waals surface area contributed by atoms with Gasteiger partial charge in [0.1, 0.15) is 6.10 Å². The fraction of sp³-hybridized carbons (Fsp3) is 0.857. The van der Waals surface area contributed by atoms with E-state index in [1.54, 1.807) is 0 Å². The number of hydrogen-bond acceptors (Lipinski definition) is 1. The van der Waals surface area contributed by atoms with Crippen LogP contribution in [0.2, 0.25) is 0 Å². The van der Waals surface area contributed by atoms with Crippen molar-refractivity contribution in [2.24, 2.45) is 0 Å². The molecule has 3 atom stereocenters. The summed E-state index contributed by atoms with van der Waals surface area (Å²) in [5, 5.41) is 0. The molecule has 0 aromatic rings. The van der Waals surface area contributed by atoms with E-state index in [-0.39, 0.29) is 0 Å². The highest BCUT2D eigenvalue weighted by Gasteiger charge is 2.19. The van der Waals surface area contributed by atoms with Gasteiger partial charge >= 0.3 is 0 Å². The van der Waals surface area contributed by atoms with E-state index in [1.165, 1.54) is 4.90 Å². The van der Waals surface area contributed by atoms with E-state index in [9.17, 15) is 0 Å². The zero-order valence-electron chi connectivity index (χ0n) is 6.18. The highest BCUT2D eigenvalue weighted by molar-refractivity contribution is 4.56. The van der Waals surface area contributed by atoms with Crippen LogP contribution >= 0.6 is 0 Å². The van der Waals surface area contributed by atoms with E-state index >= 15 is 0 Å². The zero-order chi connectivity index (χ0) is 6.85. The molecule has 54 valence electrons. The predicted octanol–water partition coefficient (Wildman–Crippen LogP) is -0.530. The third-order valence-electron chi connectivity index (χ3n) is 1.88. The Labute approximate surface area is 56.8 Å². The van der Waals surface area contributed by atoms with E-state index in [2.05, 4.69) is 20.9 Å². The van der Waals surface area contributed by atoms with E-state index in [0.29, 0.717) is 12.1 Å². The third kappa shape index (κ3) is 1.66. The summed E-state index contributed by atoms with van der Waals surface area (Å²) in [4.78, 5) is 1.34. The highest BCUT2D eigenvalue weighted by Crippen LogP contribution is 1.93. The summed E-state index contributed by atoms with van der Waals surface area (Å²) in [5.41, 5.74) is 0. The molecular formula is C7H15NO. The second kappa shape index (κ2) is 2.67. The summed E-state index contributed by atoms with van der Waals surface area (Å²) in [7, 11) is 3.97. The Hall–Kier alpha value is -0.0800. The molecule has 0 spiro atoms. The summed E-state index contributed by atoms with van der Waals surface area (Å²) in [6.07, 6.45) is 0.397. The average molecular weight is 129 g/mol. The maximum Gasteiger partial charge on any atom is 0.102 e. The van der Waals surface area contributed by atoms with E-state index in [1.807, 2.05) is 0 Å². The molecule has 0 aromatic heterocycles. The fourth-order valence-electron chi connectivity index (χ4n) is 1.06. The zero-order valence-corrected chi connectivity index (χ0v) is 6.18. The summed E-state index contributed by atoms with van der Waals surface area (Å²) in [5.74, 6) is 0. The van der Waals surface area contributed by atoms with Gasteiger partial charge in [-0.15, -0.1) is 0 Å². The SMILES string of the molecule is [CH2-][NH+]1CC(C)OCC1C. The molecule has 0 aromatic carbocycles. The monoisotopic (exact) mass is 129 g/mol. The molecule has 3 unspecified atom stereocenters. The van der Waals surface area contributed by atoms with Gasteiger partial charge in [0.15, 0.2) is 0 Å². The van der Waals surface area contributed by atoms with Crippen molar-refractivity contribution in [2.45, 2.75) is 26.0 Å². The van der Waals surface area contributed by atoms with Gasteiger partial charge in [0, 0.05) is 0 Å². The van der Waals surface area contributed by atoms with Gasteiger partial charge in [0.25, 0.3) is 0 Å². The molecule has 9 heavy (non-hydrogen) atoms. The van der Waals surface area contributed by atoms with Crippen LogP contribution in [0.15, 0.2) is 0 Å². The lowest BCUT2D eigenvalue weighted by atomic mass is 10.2. The number of quaternary nitrogens is 1. The third-order valence-corrected chi connectivity index (χ3v) is 1.88. The van der Waals surface area contributed by atoms with E-state index in [0.717, 1.165) is 13.2 Å². The van der Waals surface area contributed by atoms with Crippen LogP contribution < -0.4 is 4.90 Å². The molecule has 2 heteroatoms. The van der Waals surface area contributed by atoms with Gasteiger partial charge in [-0.2, -0.15) is 7.05 Å². The molecule has 1 aliphatic heterocycles. The first-order valence-electron chi connectivity index (χ1n) is 3.49. The van der Waals surface area contributed by atoms with Crippen molar-refractivity contribution < 1.29 is 9.64 Å². The van der Waals surface area contributed by atoms with Crippen LogP contribution in [0.25, 0.3) is 0 Å². The van der Waals surface area contributed by atoms with Gasteiger partial charge in [0.05, 0.1) is 19.2 Å². The summed E-state index contributed by atoms with van der Waals surface area (Å²) < 4.78 is 5.40. The van der Waals surface area contributed by atoms with Crippen LogP contribution in [0, 0.1) is 7.05 Å². The average Bonchev–Trinajstić information content (AvgIpc) is 1.80. The highest BCUT2D eigenvalue weighted by atomic mass is 16.5. The quantitative estimate of drug-likeness (QED) is 0.434. The summed E-state index contributed by atoms with van der Waals surface area (Å²) >= 11 is 0. The minimum atomic E-state index is 0.397. The van der Waals surface area contributed by atoms with Crippen LogP contribution in [-0.2, 0) is 4.74 Å². The minimum Gasteiger partial charge on any atom is -0.462 e. The lowest BCUT2D eigenvalue weighted by Gasteiger charge is -2.35. The molecule has 1 fully saturated rings. The first kappa shape index (κ1) is 7.03. The lowest BCUT2D eigenvalue weighted by molar-refractivity contribution is -0.891. The van der Waals surface area contributed by atoms with Crippen LogP contribution in [0.3, 0.4) is 0 Å². The second-order valence-electron chi connectivity index (χ2n) is 2.91. The molecule has 0 saturated carbocycles. The van der Waals surface area contributed by atoms with Crippen molar-refractivity contribution >= 4 is 0 Å². The maximum absolute atomic E-state index is 5.40.